The van der Waals surface area contributed by atoms with Crippen LogP contribution in [0.1, 0.15) is 34.8 Å². The monoisotopic (exact) mass is 646 g/mol. The zero-order chi connectivity index (χ0) is 29.4. The summed E-state index contributed by atoms with van der Waals surface area (Å²) in [7, 11) is 0. The molecule has 1 heterocycles. The van der Waals surface area contributed by atoms with Gasteiger partial charge in [0, 0.05) is 41.1 Å². The van der Waals surface area contributed by atoms with Crippen LogP contribution in [0.4, 0.5) is 0 Å². The zero-order valence-corrected chi connectivity index (χ0v) is 25.4. The van der Waals surface area contributed by atoms with Crippen LogP contribution in [0.3, 0.4) is 0 Å². The van der Waals surface area contributed by atoms with Gasteiger partial charge in [0.25, 0.3) is 5.91 Å². The summed E-state index contributed by atoms with van der Waals surface area (Å²) in [5.41, 5.74) is 2.41. The Balaban J connectivity index is 1.49. The highest BCUT2D eigenvalue weighted by molar-refractivity contribution is 9.10. The first-order valence-electron chi connectivity index (χ1n) is 13.9. The van der Waals surface area contributed by atoms with Crippen LogP contribution in [0.5, 0.6) is 5.75 Å². The van der Waals surface area contributed by atoms with E-state index < -0.39 is 11.6 Å². The molecule has 0 saturated carbocycles. The maximum absolute atomic E-state index is 14.3. The van der Waals surface area contributed by atoms with Gasteiger partial charge in [0.15, 0.2) is 11.6 Å². The molecular weight excluding hydrogens is 616 g/mol. The molecular formula is C34H32BrClN2O4. The highest BCUT2D eigenvalue weighted by atomic mass is 79.9. The van der Waals surface area contributed by atoms with E-state index in [2.05, 4.69) is 21.2 Å². The summed E-state index contributed by atoms with van der Waals surface area (Å²) in [6, 6.07) is 32.8. The fraction of sp³-hybridized carbons (Fsp3) is 0.235. The molecule has 216 valence electrons. The Kier molecular flexibility index (Phi) is 9.95. The Labute approximate surface area is 259 Å². The fourth-order valence-electron chi connectivity index (χ4n) is 4.95. The zero-order valence-electron chi connectivity index (χ0n) is 23.0. The molecule has 4 aromatic carbocycles. The van der Waals surface area contributed by atoms with E-state index >= 15 is 0 Å². The maximum atomic E-state index is 14.3. The number of aliphatic hydroxyl groups excluding tert-OH is 1. The van der Waals surface area contributed by atoms with E-state index in [1.54, 1.807) is 0 Å². The van der Waals surface area contributed by atoms with Gasteiger partial charge in [-0.15, -0.1) is 0 Å². The largest absolute Gasteiger partial charge is 0.494 e. The first-order chi connectivity index (χ1) is 20.5. The molecule has 5 rings (SSSR count). The van der Waals surface area contributed by atoms with Gasteiger partial charge in [0.2, 0.25) is 5.90 Å². The lowest BCUT2D eigenvalue weighted by atomic mass is 9.82. The first-order valence-corrected chi connectivity index (χ1v) is 15.1. The molecule has 6 nitrogen and oxygen atoms in total. The molecule has 2 N–H and O–H groups in total. The molecule has 4 aromatic rings. The molecule has 42 heavy (non-hydrogen) atoms. The number of carbonyl (C=O) groups excluding carboxylic acids is 1. The third-order valence-electron chi connectivity index (χ3n) is 7.13. The summed E-state index contributed by atoms with van der Waals surface area (Å²) in [6.07, 6.45) is 0.913. The number of rotatable bonds is 12. The lowest BCUT2D eigenvalue weighted by Crippen LogP contribution is -2.50. The van der Waals surface area contributed by atoms with Gasteiger partial charge in [0.1, 0.15) is 5.75 Å². The SMILES string of the molecule is O=C(NCCc1ccc(Cl)cc1)[C@]1(Cc2ccc(Br)cc2)N=C(c2ccc(OCCCO)cc2)O[C@@H]1c1ccccc1. The Bertz CT molecular complexity index is 1500. The average Bonchev–Trinajstić information content (AvgIpc) is 3.40. The number of aliphatic imine (C=N–C) groups is 1. The molecule has 0 bridgehead atoms. The summed E-state index contributed by atoms with van der Waals surface area (Å²) in [6.45, 7) is 0.941. The summed E-state index contributed by atoms with van der Waals surface area (Å²) in [4.78, 5) is 19.4. The molecule has 0 spiro atoms. The van der Waals surface area contributed by atoms with Gasteiger partial charge >= 0.3 is 0 Å². The number of halogens is 2. The molecule has 0 aliphatic carbocycles. The van der Waals surface area contributed by atoms with Gasteiger partial charge in [-0.2, -0.15) is 0 Å². The molecule has 1 aliphatic heterocycles. The van der Waals surface area contributed by atoms with Gasteiger partial charge in [0.05, 0.1) is 6.61 Å². The molecule has 0 unspecified atom stereocenters. The molecule has 1 amide bonds. The van der Waals surface area contributed by atoms with E-state index in [1.807, 2.05) is 103 Å². The Hall–Kier alpha value is -3.65. The van der Waals surface area contributed by atoms with E-state index in [0.717, 1.165) is 26.7 Å². The fourth-order valence-corrected chi connectivity index (χ4v) is 5.34. The third-order valence-corrected chi connectivity index (χ3v) is 7.91. The number of benzene rings is 4. The van der Waals surface area contributed by atoms with Crippen molar-refractivity contribution in [1.82, 2.24) is 5.32 Å². The predicted octanol–water partition coefficient (Wildman–Crippen LogP) is 6.72. The lowest BCUT2D eigenvalue weighted by Gasteiger charge is -2.31. The van der Waals surface area contributed by atoms with Gasteiger partial charge in [-0.3, -0.25) is 4.79 Å². The standard InChI is InChI=1S/C34H32BrClN2O4/c35-28-13-7-25(8-14-28)23-34(33(40)37-20-19-24-9-15-29(36)16-10-24)31(26-5-2-1-3-6-26)42-32(38-34)27-11-17-30(18-12-27)41-22-4-21-39/h1-3,5-18,31,39H,4,19-23H2,(H,37,40)/t31-,34-/m1/s1. The molecule has 1 aliphatic rings. The summed E-state index contributed by atoms with van der Waals surface area (Å²) in [5, 5.41) is 12.9. The van der Waals surface area contributed by atoms with Crippen molar-refractivity contribution in [2.75, 3.05) is 19.8 Å². The first kappa shape index (κ1) is 29.8. The van der Waals surface area contributed by atoms with Crippen molar-refractivity contribution in [3.05, 3.63) is 135 Å². The van der Waals surface area contributed by atoms with Gasteiger partial charge < -0.3 is 19.9 Å². The van der Waals surface area contributed by atoms with Crippen LogP contribution in [0.2, 0.25) is 5.02 Å². The van der Waals surface area contributed by atoms with Crippen molar-refractivity contribution in [3.63, 3.8) is 0 Å². The number of hydrogen-bond donors (Lipinski definition) is 2. The summed E-state index contributed by atoms with van der Waals surface area (Å²) in [5.74, 6) is 0.884. The number of carbonyl (C=O) groups is 1. The number of nitrogens with zero attached hydrogens (tertiary/aromatic N) is 1. The molecule has 0 radical (unpaired) electrons. The number of amides is 1. The van der Waals surface area contributed by atoms with Crippen LogP contribution in [0.25, 0.3) is 0 Å². The quantitative estimate of drug-likeness (QED) is 0.167. The van der Waals surface area contributed by atoms with Crippen LogP contribution < -0.4 is 10.1 Å². The normalized spacial score (nSPS) is 17.8. The van der Waals surface area contributed by atoms with Gasteiger partial charge in [-0.1, -0.05) is 82.1 Å². The molecule has 0 saturated heterocycles. The van der Waals surface area contributed by atoms with Crippen molar-refractivity contribution >= 4 is 39.3 Å². The van der Waals surface area contributed by atoms with E-state index in [9.17, 15) is 4.79 Å². The average molecular weight is 648 g/mol. The van der Waals surface area contributed by atoms with Gasteiger partial charge in [-0.25, -0.2) is 4.99 Å². The number of ether oxygens (including phenoxy) is 2. The van der Waals surface area contributed by atoms with Crippen LogP contribution in [-0.4, -0.2) is 42.2 Å². The number of hydrogen-bond acceptors (Lipinski definition) is 5. The second-order valence-corrected chi connectivity index (χ2v) is 11.5. The summed E-state index contributed by atoms with van der Waals surface area (Å²) >= 11 is 9.56. The minimum atomic E-state index is -1.25. The topological polar surface area (TPSA) is 80.2 Å². The van der Waals surface area contributed by atoms with Crippen molar-refractivity contribution < 1.29 is 19.4 Å². The summed E-state index contributed by atoms with van der Waals surface area (Å²) < 4.78 is 13.2. The van der Waals surface area contributed by atoms with E-state index in [1.165, 1.54) is 0 Å². The molecule has 2 atom stereocenters. The van der Waals surface area contributed by atoms with Gasteiger partial charge in [-0.05, 0) is 71.6 Å². The smallest absolute Gasteiger partial charge is 0.252 e. The third kappa shape index (κ3) is 7.21. The van der Waals surface area contributed by atoms with Crippen molar-refractivity contribution in [2.45, 2.75) is 30.9 Å². The highest BCUT2D eigenvalue weighted by Crippen LogP contribution is 2.42. The molecule has 0 fully saturated rings. The van der Waals surface area contributed by atoms with E-state index in [-0.39, 0.29) is 12.5 Å². The van der Waals surface area contributed by atoms with Crippen LogP contribution >= 0.6 is 27.5 Å². The minimum absolute atomic E-state index is 0.0752. The Morgan fingerprint density at radius 2 is 1.64 bits per heavy atom. The lowest BCUT2D eigenvalue weighted by molar-refractivity contribution is -0.128. The number of nitrogens with one attached hydrogen (secondary N) is 1. The van der Waals surface area contributed by atoms with E-state index in [0.29, 0.717) is 49.1 Å². The van der Waals surface area contributed by atoms with Crippen LogP contribution in [0, 0.1) is 0 Å². The minimum Gasteiger partial charge on any atom is -0.494 e. The Morgan fingerprint density at radius 3 is 2.33 bits per heavy atom. The van der Waals surface area contributed by atoms with Crippen molar-refractivity contribution in [1.29, 1.82) is 0 Å². The number of aliphatic hydroxyl groups is 1. The second kappa shape index (κ2) is 14.0. The highest BCUT2D eigenvalue weighted by Gasteiger charge is 2.53. The maximum Gasteiger partial charge on any atom is 0.252 e. The van der Waals surface area contributed by atoms with Crippen LogP contribution in [-0.2, 0) is 22.4 Å². The molecule has 8 heteroatoms. The predicted molar refractivity (Wildman–Crippen MR) is 169 cm³/mol. The second-order valence-electron chi connectivity index (χ2n) is 10.1. The van der Waals surface area contributed by atoms with E-state index in [4.69, 9.17) is 31.2 Å². The Morgan fingerprint density at radius 1 is 0.952 bits per heavy atom. The van der Waals surface area contributed by atoms with Crippen molar-refractivity contribution in [3.8, 4) is 5.75 Å². The van der Waals surface area contributed by atoms with Crippen LogP contribution in [0.15, 0.2) is 113 Å². The molecule has 0 aromatic heterocycles. The van der Waals surface area contributed by atoms with Crippen molar-refractivity contribution in [2.24, 2.45) is 4.99 Å².